The van der Waals surface area contributed by atoms with Crippen LogP contribution in [-0.4, -0.2) is 0 Å². The summed E-state index contributed by atoms with van der Waals surface area (Å²) in [6.07, 6.45) is 0. The van der Waals surface area contributed by atoms with Crippen LogP contribution >= 0.6 is 0 Å². The van der Waals surface area contributed by atoms with Gasteiger partial charge in [-0.3, -0.25) is 0 Å². The molecule has 1 unspecified atom stereocenters. The molecule has 0 radical (unpaired) electrons. The minimum Gasteiger partial charge on any atom is -0.456 e. The Kier molecular flexibility index (Phi) is 6.68. The van der Waals surface area contributed by atoms with Gasteiger partial charge in [0.05, 0.1) is 5.41 Å². The Labute approximate surface area is 341 Å². The highest BCUT2D eigenvalue weighted by atomic mass is 16.3. The summed E-state index contributed by atoms with van der Waals surface area (Å²) >= 11 is 0. The van der Waals surface area contributed by atoms with Gasteiger partial charge in [-0.05, 0) is 120 Å². The lowest BCUT2D eigenvalue weighted by molar-refractivity contribution is 0.669. The van der Waals surface area contributed by atoms with Crippen molar-refractivity contribution in [2.45, 2.75) is 5.41 Å². The molecule has 1 spiro atoms. The van der Waals surface area contributed by atoms with Crippen LogP contribution < -0.4 is 4.90 Å². The van der Waals surface area contributed by atoms with Gasteiger partial charge in [-0.25, -0.2) is 0 Å². The number of nitrogens with zero attached hydrogens (tertiary/aromatic N) is 1. The lowest BCUT2D eigenvalue weighted by Gasteiger charge is -2.42. The zero-order chi connectivity index (χ0) is 38.7. The molecule has 2 aliphatic carbocycles. The monoisotopic (exact) mass is 749 g/mol. The van der Waals surface area contributed by atoms with Gasteiger partial charge in [0.1, 0.15) is 11.2 Å². The number of fused-ring (bicyclic) bond motifs is 13. The van der Waals surface area contributed by atoms with Crippen LogP contribution in [0, 0.1) is 0 Å². The van der Waals surface area contributed by atoms with Crippen molar-refractivity contribution in [2.75, 3.05) is 4.90 Å². The summed E-state index contributed by atoms with van der Waals surface area (Å²) in [6.45, 7) is 0. The van der Waals surface area contributed by atoms with Crippen LogP contribution in [0.5, 0.6) is 0 Å². The molecule has 0 bridgehead atoms. The van der Waals surface area contributed by atoms with Gasteiger partial charge >= 0.3 is 0 Å². The van der Waals surface area contributed by atoms with Gasteiger partial charge in [0.25, 0.3) is 0 Å². The molecule has 1 atom stereocenters. The van der Waals surface area contributed by atoms with Crippen LogP contribution in [0.1, 0.15) is 22.3 Å². The molecule has 0 saturated heterocycles. The fourth-order valence-electron chi connectivity index (χ4n) is 10.7. The Hall–Kier alpha value is -7.68. The topological polar surface area (TPSA) is 16.4 Å². The number of furan rings is 1. The van der Waals surface area contributed by atoms with E-state index in [1.54, 1.807) is 0 Å². The lowest BCUT2D eigenvalue weighted by Crippen LogP contribution is -2.32. The minimum atomic E-state index is -0.621. The molecule has 0 saturated carbocycles. The third kappa shape index (κ3) is 4.40. The van der Waals surface area contributed by atoms with Gasteiger partial charge in [0.15, 0.2) is 0 Å². The molecular formula is C57H35NO. The Balaban J connectivity index is 1.15. The number of benzene rings is 10. The summed E-state index contributed by atoms with van der Waals surface area (Å²) < 4.78 is 6.49. The van der Waals surface area contributed by atoms with Crippen LogP contribution in [0.25, 0.3) is 76.9 Å². The average molecular weight is 750 g/mol. The van der Waals surface area contributed by atoms with Crippen molar-refractivity contribution in [2.24, 2.45) is 0 Å². The number of anilines is 3. The molecule has 1 heterocycles. The Morgan fingerprint density at radius 3 is 1.75 bits per heavy atom. The van der Waals surface area contributed by atoms with Crippen LogP contribution in [0.15, 0.2) is 217 Å². The van der Waals surface area contributed by atoms with E-state index in [0.717, 1.165) is 39.0 Å². The lowest BCUT2D eigenvalue weighted by atomic mass is 9.60. The van der Waals surface area contributed by atoms with Crippen molar-refractivity contribution in [1.82, 2.24) is 0 Å². The zero-order valence-corrected chi connectivity index (χ0v) is 32.1. The molecule has 59 heavy (non-hydrogen) atoms. The summed E-state index contributed by atoms with van der Waals surface area (Å²) in [6, 6.07) is 78.3. The van der Waals surface area contributed by atoms with Gasteiger partial charge in [-0.15, -0.1) is 0 Å². The highest BCUT2D eigenvalue weighted by Gasteiger charge is 2.51. The molecule has 10 aromatic carbocycles. The third-order valence-corrected chi connectivity index (χ3v) is 13.0. The number of rotatable bonds is 4. The molecule has 13 rings (SSSR count). The summed E-state index contributed by atoms with van der Waals surface area (Å²) in [7, 11) is 0. The maximum absolute atomic E-state index is 6.49. The Bertz CT molecular complexity index is 3520. The fourth-order valence-corrected chi connectivity index (χ4v) is 10.7. The Morgan fingerprint density at radius 2 is 0.898 bits per heavy atom. The first-order chi connectivity index (χ1) is 29.3. The Morgan fingerprint density at radius 1 is 0.322 bits per heavy atom. The first-order valence-electron chi connectivity index (χ1n) is 20.4. The molecule has 0 aliphatic heterocycles. The largest absolute Gasteiger partial charge is 0.456 e. The van der Waals surface area contributed by atoms with E-state index < -0.39 is 5.41 Å². The predicted molar refractivity (Wildman–Crippen MR) is 245 cm³/mol. The molecule has 0 N–H and O–H groups in total. The molecule has 1 aromatic heterocycles. The van der Waals surface area contributed by atoms with E-state index in [1.165, 1.54) is 77.2 Å². The number of hydrogen-bond acceptors (Lipinski definition) is 2. The van der Waals surface area contributed by atoms with Crippen LogP contribution in [0.2, 0.25) is 0 Å². The van der Waals surface area contributed by atoms with Crippen LogP contribution in [-0.2, 0) is 5.41 Å². The molecule has 2 nitrogen and oxygen atoms in total. The second-order valence-electron chi connectivity index (χ2n) is 15.9. The van der Waals surface area contributed by atoms with Gasteiger partial charge in [-0.1, -0.05) is 164 Å². The van der Waals surface area contributed by atoms with E-state index in [9.17, 15) is 0 Å². The normalized spacial score (nSPS) is 14.8. The second kappa shape index (κ2) is 12.2. The molecule has 2 aliphatic rings. The first kappa shape index (κ1) is 32.4. The number of hydrogen-bond donors (Lipinski definition) is 0. The van der Waals surface area contributed by atoms with Crippen LogP contribution in [0.3, 0.4) is 0 Å². The SMILES string of the molecule is c1ccc(N(c2ccc3c(c2)C2(c4ccccc4-3)c3ccccc3-c3cccc4ccc(-c5cccc6ccccc56)c2c34)c2ccc3c(c2)oc2ccccc23)cc1. The van der Waals surface area contributed by atoms with Gasteiger partial charge in [0.2, 0.25) is 0 Å². The molecule has 0 amide bonds. The van der Waals surface area contributed by atoms with E-state index in [2.05, 4.69) is 211 Å². The average Bonchev–Trinajstić information content (AvgIpc) is 3.81. The second-order valence-corrected chi connectivity index (χ2v) is 15.9. The maximum atomic E-state index is 6.49. The molecule has 0 fully saturated rings. The number of para-hydroxylation sites is 2. The maximum Gasteiger partial charge on any atom is 0.137 e. The zero-order valence-electron chi connectivity index (χ0n) is 32.1. The van der Waals surface area contributed by atoms with Gasteiger partial charge in [0, 0.05) is 33.9 Å². The van der Waals surface area contributed by atoms with Crippen molar-refractivity contribution in [3.05, 3.63) is 235 Å². The van der Waals surface area contributed by atoms with Crippen molar-refractivity contribution in [3.8, 4) is 33.4 Å². The highest BCUT2D eigenvalue weighted by Crippen LogP contribution is 2.64. The molecule has 2 heteroatoms. The van der Waals surface area contributed by atoms with E-state index >= 15 is 0 Å². The molecule has 11 aromatic rings. The smallest absolute Gasteiger partial charge is 0.137 e. The summed E-state index contributed by atoms with van der Waals surface area (Å²) in [4.78, 5) is 2.39. The first-order valence-corrected chi connectivity index (χ1v) is 20.4. The van der Waals surface area contributed by atoms with E-state index in [4.69, 9.17) is 4.42 Å². The fraction of sp³-hybridized carbons (Fsp3) is 0.0175. The van der Waals surface area contributed by atoms with Crippen molar-refractivity contribution in [1.29, 1.82) is 0 Å². The minimum absolute atomic E-state index is 0.621. The molecular weight excluding hydrogens is 715 g/mol. The standard InChI is InChI=1S/C57H35NO/c1-2-17-38(18-3-1)58(40-30-33-47-46-22-8-11-27-53(46)59-54(47)35-40)39-29-32-45-43-20-6-9-25-50(43)57(52(45)34-39)51-26-10-7-21-44(51)48-24-13-16-37-28-31-49(56(57)55(37)48)42-23-12-15-36-14-4-5-19-41(36)42/h1-35H. The van der Waals surface area contributed by atoms with E-state index in [1.807, 2.05) is 6.07 Å². The quantitative estimate of drug-likeness (QED) is 0.178. The van der Waals surface area contributed by atoms with E-state index in [-0.39, 0.29) is 0 Å². The van der Waals surface area contributed by atoms with E-state index in [0.29, 0.717) is 0 Å². The predicted octanol–water partition coefficient (Wildman–Crippen LogP) is 15.4. The van der Waals surface area contributed by atoms with Crippen LogP contribution in [0.4, 0.5) is 17.1 Å². The van der Waals surface area contributed by atoms with Gasteiger partial charge < -0.3 is 9.32 Å². The van der Waals surface area contributed by atoms with Crippen molar-refractivity contribution in [3.63, 3.8) is 0 Å². The molecule has 274 valence electrons. The summed E-state index contributed by atoms with van der Waals surface area (Å²) in [5, 5.41) is 7.32. The summed E-state index contributed by atoms with van der Waals surface area (Å²) in [5.74, 6) is 0. The van der Waals surface area contributed by atoms with Crippen molar-refractivity contribution >= 4 is 60.5 Å². The van der Waals surface area contributed by atoms with Gasteiger partial charge in [-0.2, -0.15) is 0 Å². The van der Waals surface area contributed by atoms with Crippen molar-refractivity contribution < 1.29 is 4.42 Å². The summed E-state index contributed by atoms with van der Waals surface area (Å²) in [5.41, 5.74) is 17.3. The third-order valence-electron chi connectivity index (χ3n) is 13.0. The highest BCUT2D eigenvalue weighted by molar-refractivity contribution is 6.12.